The van der Waals surface area contributed by atoms with Gasteiger partial charge in [-0.15, -0.1) is 0 Å². The zero-order valence-corrected chi connectivity index (χ0v) is 11.2. The zero-order valence-electron chi connectivity index (χ0n) is 10.4. The van der Waals surface area contributed by atoms with Gasteiger partial charge in [-0.1, -0.05) is 0 Å². The molecule has 1 aromatic carbocycles. The molecule has 0 atom stereocenters. The first-order valence-electron chi connectivity index (χ1n) is 6.20. The summed E-state index contributed by atoms with van der Waals surface area (Å²) >= 11 is 1.96. The van der Waals surface area contributed by atoms with E-state index in [1.807, 2.05) is 30.0 Å². The van der Waals surface area contributed by atoms with E-state index in [-0.39, 0.29) is 0 Å². The van der Waals surface area contributed by atoms with Gasteiger partial charge in [0.2, 0.25) is 0 Å². The van der Waals surface area contributed by atoms with Crippen LogP contribution in [-0.4, -0.2) is 40.7 Å². The van der Waals surface area contributed by atoms with Gasteiger partial charge >= 0.3 is 5.97 Å². The van der Waals surface area contributed by atoms with E-state index in [9.17, 15) is 9.90 Å². The average molecular weight is 274 g/mol. The second-order valence-electron chi connectivity index (χ2n) is 4.46. The highest BCUT2D eigenvalue weighted by molar-refractivity contribution is 7.99. The summed E-state index contributed by atoms with van der Waals surface area (Å²) in [6.45, 7) is 2.03. The first kappa shape index (κ1) is 12.3. The van der Waals surface area contributed by atoms with Gasteiger partial charge in [-0.3, -0.25) is 4.98 Å². The summed E-state index contributed by atoms with van der Waals surface area (Å²) in [7, 11) is 0. The van der Waals surface area contributed by atoms with Crippen molar-refractivity contribution in [2.75, 3.05) is 29.5 Å². The zero-order chi connectivity index (χ0) is 13.2. The molecule has 1 aliphatic rings. The minimum Gasteiger partial charge on any atom is -0.478 e. The molecule has 0 saturated carbocycles. The highest BCUT2D eigenvalue weighted by Crippen LogP contribution is 2.25. The summed E-state index contributed by atoms with van der Waals surface area (Å²) in [6.07, 6.45) is 1.54. The van der Waals surface area contributed by atoms with Gasteiger partial charge < -0.3 is 10.0 Å². The predicted molar refractivity (Wildman–Crippen MR) is 78.2 cm³/mol. The normalized spacial score (nSPS) is 15.7. The molecule has 1 aliphatic heterocycles. The van der Waals surface area contributed by atoms with Gasteiger partial charge in [-0.25, -0.2) is 4.79 Å². The predicted octanol–water partition coefficient (Wildman–Crippen LogP) is 2.49. The third kappa shape index (κ3) is 2.38. The molecule has 5 heteroatoms. The molecular formula is C14H14N2O2S. The highest BCUT2D eigenvalue weighted by atomic mass is 32.2. The summed E-state index contributed by atoms with van der Waals surface area (Å²) in [5.41, 5.74) is 2.14. The lowest BCUT2D eigenvalue weighted by Gasteiger charge is -2.28. The van der Waals surface area contributed by atoms with Crippen molar-refractivity contribution in [1.82, 2.24) is 4.98 Å². The number of fused-ring (bicyclic) bond motifs is 1. The molecule has 98 valence electrons. The molecule has 4 nitrogen and oxygen atoms in total. The number of hydrogen-bond acceptors (Lipinski definition) is 4. The van der Waals surface area contributed by atoms with Crippen LogP contribution in [-0.2, 0) is 0 Å². The van der Waals surface area contributed by atoms with E-state index >= 15 is 0 Å². The van der Waals surface area contributed by atoms with Crippen LogP contribution in [0.15, 0.2) is 30.5 Å². The summed E-state index contributed by atoms with van der Waals surface area (Å²) in [5.74, 6) is 1.34. The number of benzene rings is 1. The number of nitrogens with zero attached hydrogens (tertiary/aromatic N) is 2. The number of rotatable bonds is 2. The van der Waals surface area contributed by atoms with Crippen molar-refractivity contribution in [3.63, 3.8) is 0 Å². The largest absolute Gasteiger partial charge is 0.478 e. The molecule has 1 fully saturated rings. The van der Waals surface area contributed by atoms with Crippen LogP contribution in [0, 0.1) is 0 Å². The standard InChI is InChI=1S/C14H14N2O2S/c17-14(18)11-3-4-15-13-2-1-10(9-12(11)13)16-5-7-19-8-6-16/h1-4,9H,5-8H2,(H,17,18). The van der Waals surface area contributed by atoms with E-state index in [0.29, 0.717) is 10.9 Å². The van der Waals surface area contributed by atoms with Crippen LogP contribution in [0.3, 0.4) is 0 Å². The van der Waals surface area contributed by atoms with Crippen LogP contribution < -0.4 is 4.90 Å². The first-order valence-corrected chi connectivity index (χ1v) is 7.36. The number of carbonyl (C=O) groups is 1. The number of aromatic carboxylic acids is 1. The monoisotopic (exact) mass is 274 g/mol. The van der Waals surface area contributed by atoms with Gasteiger partial charge in [0.25, 0.3) is 0 Å². The molecule has 0 bridgehead atoms. The van der Waals surface area contributed by atoms with Crippen LogP contribution in [0.4, 0.5) is 5.69 Å². The Morgan fingerprint density at radius 3 is 2.79 bits per heavy atom. The average Bonchev–Trinajstić information content (AvgIpc) is 2.47. The molecule has 0 spiro atoms. The van der Waals surface area contributed by atoms with Crippen molar-refractivity contribution < 1.29 is 9.90 Å². The molecule has 0 unspecified atom stereocenters. The first-order chi connectivity index (χ1) is 9.25. The Hall–Kier alpha value is -1.75. The molecule has 0 aliphatic carbocycles. The summed E-state index contributed by atoms with van der Waals surface area (Å²) in [5, 5.41) is 9.95. The van der Waals surface area contributed by atoms with Crippen LogP contribution >= 0.6 is 11.8 Å². The van der Waals surface area contributed by atoms with E-state index in [0.717, 1.165) is 35.8 Å². The molecule has 0 radical (unpaired) electrons. The molecule has 3 rings (SSSR count). The quantitative estimate of drug-likeness (QED) is 0.911. The maximum absolute atomic E-state index is 11.3. The van der Waals surface area contributed by atoms with Crippen molar-refractivity contribution in [3.05, 3.63) is 36.0 Å². The Morgan fingerprint density at radius 1 is 1.26 bits per heavy atom. The second-order valence-corrected chi connectivity index (χ2v) is 5.69. The number of carboxylic acids is 1. The molecular weight excluding hydrogens is 260 g/mol. The molecule has 1 N–H and O–H groups in total. The van der Waals surface area contributed by atoms with E-state index in [2.05, 4.69) is 9.88 Å². The maximum atomic E-state index is 11.3. The maximum Gasteiger partial charge on any atom is 0.336 e. The SMILES string of the molecule is O=C(O)c1ccnc2ccc(N3CCSCC3)cc12. The number of hydrogen-bond donors (Lipinski definition) is 1. The number of thioether (sulfide) groups is 1. The summed E-state index contributed by atoms with van der Waals surface area (Å²) < 4.78 is 0. The lowest BCUT2D eigenvalue weighted by atomic mass is 10.1. The Labute approximate surface area is 115 Å². The summed E-state index contributed by atoms with van der Waals surface area (Å²) in [6, 6.07) is 7.43. The molecule has 2 aromatic rings. The second kappa shape index (κ2) is 5.09. The van der Waals surface area contributed by atoms with Crippen molar-refractivity contribution in [1.29, 1.82) is 0 Å². The van der Waals surface area contributed by atoms with Crippen LogP contribution in [0.25, 0.3) is 10.9 Å². The minimum atomic E-state index is -0.904. The van der Waals surface area contributed by atoms with E-state index in [1.54, 1.807) is 12.3 Å². The number of pyridine rings is 1. The Bertz CT molecular complexity index is 624. The highest BCUT2D eigenvalue weighted by Gasteiger charge is 2.14. The fourth-order valence-corrected chi connectivity index (χ4v) is 3.24. The van der Waals surface area contributed by atoms with E-state index in [1.165, 1.54) is 0 Å². The molecule has 2 heterocycles. The van der Waals surface area contributed by atoms with Gasteiger partial charge in [-0.2, -0.15) is 11.8 Å². The van der Waals surface area contributed by atoms with Crippen molar-refractivity contribution in [2.24, 2.45) is 0 Å². The van der Waals surface area contributed by atoms with Crippen LogP contribution in [0.5, 0.6) is 0 Å². The molecule has 19 heavy (non-hydrogen) atoms. The van der Waals surface area contributed by atoms with Crippen LogP contribution in [0.2, 0.25) is 0 Å². The van der Waals surface area contributed by atoms with Crippen molar-refractivity contribution in [3.8, 4) is 0 Å². The topological polar surface area (TPSA) is 53.4 Å². The minimum absolute atomic E-state index is 0.318. The Balaban J connectivity index is 2.08. The van der Waals surface area contributed by atoms with Gasteiger partial charge in [-0.05, 0) is 24.3 Å². The van der Waals surface area contributed by atoms with Gasteiger partial charge in [0.05, 0.1) is 11.1 Å². The van der Waals surface area contributed by atoms with Gasteiger partial charge in [0.1, 0.15) is 0 Å². The lowest BCUT2D eigenvalue weighted by molar-refractivity contribution is 0.0699. The smallest absolute Gasteiger partial charge is 0.336 e. The van der Waals surface area contributed by atoms with Gasteiger partial charge in [0.15, 0.2) is 0 Å². The lowest BCUT2D eigenvalue weighted by Crippen LogP contribution is -2.32. The number of carboxylic acid groups (broad SMARTS) is 1. The Kier molecular flexibility index (Phi) is 3.29. The third-order valence-corrected chi connectivity index (χ3v) is 4.27. The van der Waals surface area contributed by atoms with Crippen molar-refractivity contribution in [2.45, 2.75) is 0 Å². The number of anilines is 1. The molecule has 1 aromatic heterocycles. The fourth-order valence-electron chi connectivity index (χ4n) is 2.34. The van der Waals surface area contributed by atoms with Gasteiger partial charge in [0, 0.05) is 41.9 Å². The number of aromatic nitrogens is 1. The fraction of sp³-hybridized carbons (Fsp3) is 0.286. The Morgan fingerprint density at radius 2 is 2.05 bits per heavy atom. The summed E-state index contributed by atoms with van der Waals surface area (Å²) in [4.78, 5) is 17.8. The molecule has 1 saturated heterocycles. The van der Waals surface area contributed by atoms with E-state index < -0.39 is 5.97 Å². The van der Waals surface area contributed by atoms with Crippen molar-refractivity contribution >= 4 is 34.3 Å². The third-order valence-electron chi connectivity index (χ3n) is 3.33. The van der Waals surface area contributed by atoms with E-state index in [4.69, 9.17) is 0 Å². The van der Waals surface area contributed by atoms with Crippen LogP contribution in [0.1, 0.15) is 10.4 Å². The molecule has 0 amide bonds.